The summed E-state index contributed by atoms with van der Waals surface area (Å²) in [7, 11) is 3.12. The largest absolute Gasteiger partial charge is 0.493 e. The van der Waals surface area contributed by atoms with Crippen LogP contribution in [-0.2, 0) is 22.7 Å². The van der Waals surface area contributed by atoms with Gasteiger partial charge in [-0.25, -0.2) is 9.67 Å². The van der Waals surface area contributed by atoms with Crippen LogP contribution in [-0.4, -0.2) is 35.0 Å². The van der Waals surface area contributed by atoms with Crippen LogP contribution in [0.25, 0.3) is 21.3 Å². The van der Waals surface area contributed by atoms with Gasteiger partial charge >= 0.3 is 5.97 Å². The molecule has 9 nitrogen and oxygen atoms in total. The maximum Gasteiger partial charge on any atom is 0.328 e. The van der Waals surface area contributed by atoms with Crippen LogP contribution in [0.1, 0.15) is 5.69 Å². The molecule has 0 atom stereocenters. The van der Waals surface area contributed by atoms with Crippen molar-refractivity contribution in [1.29, 1.82) is 0 Å². The third-order valence-corrected chi connectivity index (χ3v) is 5.67. The quantitative estimate of drug-likeness (QED) is 0.428. The number of thiazole rings is 1. The van der Waals surface area contributed by atoms with Crippen LogP contribution in [0.2, 0.25) is 0 Å². The van der Waals surface area contributed by atoms with E-state index in [1.165, 1.54) is 11.3 Å². The van der Waals surface area contributed by atoms with Gasteiger partial charge in [0.2, 0.25) is 0 Å². The third kappa shape index (κ3) is 4.26. The smallest absolute Gasteiger partial charge is 0.328 e. The Labute approximate surface area is 185 Å². The zero-order chi connectivity index (χ0) is 22.7. The summed E-state index contributed by atoms with van der Waals surface area (Å²) in [5, 5.41) is 5.43. The van der Waals surface area contributed by atoms with Gasteiger partial charge in [-0.3, -0.25) is 19.5 Å². The minimum absolute atomic E-state index is 0.0603. The number of hydrogen-bond acceptors (Lipinski definition) is 8. The summed E-state index contributed by atoms with van der Waals surface area (Å²) in [6, 6.07) is 11.9. The zero-order valence-electron chi connectivity index (χ0n) is 17.3. The second-order valence-corrected chi connectivity index (χ2v) is 7.61. The van der Waals surface area contributed by atoms with Gasteiger partial charge in [-0.1, -0.05) is 12.1 Å². The molecule has 2 aromatic heterocycles. The first-order chi connectivity index (χ1) is 15.5. The molecule has 2 aromatic carbocycles. The molecule has 0 aliphatic heterocycles. The van der Waals surface area contributed by atoms with Crippen LogP contribution in [0.5, 0.6) is 11.5 Å². The van der Waals surface area contributed by atoms with Crippen LogP contribution in [0.3, 0.4) is 0 Å². The lowest BCUT2D eigenvalue weighted by atomic mass is 10.2. The number of hydrogen-bond donors (Lipinski definition) is 1. The standard InChI is InChI=1S/C22H19N3O6S/c1-29-17-8-7-13(9-18(17)30-2)21-23-14(12-32-21)11-31-19(26)10-25-22(28)16-6-4-3-5-15(16)20(27)24-25/h3-9,12H,10-11H2,1-2H3,(H,24,27). The van der Waals surface area contributed by atoms with E-state index in [0.29, 0.717) is 17.2 Å². The molecule has 0 aliphatic rings. The molecule has 164 valence electrons. The van der Waals surface area contributed by atoms with Gasteiger partial charge in [-0.05, 0) is 30.3 Å². The first-order valence-corrected chi connectivity index (χ1v) is 10.4. The lowest BCUT2D eigenvalue weighted by molar-refractivity contribution is -0.146. The van der Waals surface area contributed by atoms with E-state index in [0.717, 1.165) is 15.3 Å². The van der Waals surface area contributed by atoms with Crippen LogP contribution in [0, 0.1) is 0 Å². The van der Waals surface area contributed by atoms with E-state index in [4.69, 9.17) is 14.2 Å². The van der Waals surface area contributed by atoms with Crippen molar-refractivity contribution >= 4 is 28.1 Å². The molecule has 0 fully saturated rings. The maximum absolute atomic E-state index is 12.5. The van der Waals surface area contributed by atoms with Crippen molar-refractivity contribution in [3.63, 3.8) is 0 Å². The average molecular weight is 453 g/mol. The van der Waals surface area contributed by atoms with Crippen molar-refractivity contribution in [2.24, 2.45) is 0 Å². The highest BCUT2D eigenvalue weighted by molar-refractivity contribution is 7.13. The van der Waals surface area contributed by atoms with Crippen molar-refractivity contribution in [1.82, 2.24) is 14.8 Å². The highest BCUT2D eigenvalue weighted by Gasteiger charge is 2.13. The number of benzene rings is 2. The second-order valence-electron chi connectivity index (χ2n) is 6.75. The molecule has 10 heteroatoms. The Bertz CT molecular complexity index is 1400. The Kier molecular flexibility index (Phi) is 6.04. The van der Waals surface area contributed by atoms with Gasteiger partial charge in [0.25, 0.3) is 11.1 Å². The molecule has 0 amide bonds. The molecule has 0 spiro atoms. The predicted octanol–water partition coefficient (Wildman–Crippen LogP) is 2.57. The molecule has 4 rings (SSSR count). The number of H-pyrrole nitrogens is 1. The number of esters is 1. The number of carbonyl (C=O) groups is 1. The minimum atomic E-state index is -0.668. The summed E-state index contributed by atoms with van der Waals surface area (Å²) < 4.78 is 16.8. The van der Waals surface area contributed by atoms with E-state index in [-0.39, 0.29) is 17.4 Å². The van der Waals surface area contributed by atoms with Gasteiger partial charge in [-0.2, -0.15) is 0 Å². The Hall–Kier alpha value is -3.92. The molecular weight excluding hydrogens is 434 g/mol. The minimum Gasteiger partial charge on any atom is -0.493 e. The molecule has 4 aromatic rings. The molecule has 0 aliphatic carbocycles. The highest BCUT2D eigenvalue weighted by Crippen LogP contribution is 2.33. The van der Waals surface area contributed by atoms with Crippen LogP contribution < -0.4 is 20.6 Å². The van der Waals surface area contributed by atoms with Crippen molar-refractivity contribution in [2.75, 3.05) is 14.2 Å². The van der Waals surface area contributed by atoms with Crippen LogP contribution in [0.15, 0.2) is 57.4 Å². The summed E-state index contributed by atoms with van der Waals surface area (Å²) in [6.45, 7) is -0.471. The van der Waals surface area contributed by atoms with Gasteiger partial charge in [0, 0.05) is 10.9 Å². The maximum atomic E-state index is 12.5. The molecule has 0 radical (unpaired) electrons. The zero-order valence-corrected chi connectivity index (χ0v) is 18.1. The first kappa shape index (κ1) is 21.3. The molecule has 32 heavy (non-hydrogen) atoms. The number of nitrogens with one attached hydrogen (secondary N) is 1. The lowest BCUT2D eigenvalue weighted by Crippen LogP contribution is -2.32. The Morgan fingerprint density at radius 1 is 1.06 bits per heavy atom. The fraction of sp³-hybridized carbons (Fsp3) is 0.182. The fourth-order valence-electron chi connectivity index (χ4n) is 3.16. The van der Waals surface area contributed by atoms with E-state index >= 15 is 0 Å². The molecule has 1 N–H and O–H groups in total. The summed E-state index contributed by atoms with van der Waals surface area (Å²) in [5.41, 5.74) is 0.478. The lowest BCUT2D eigenvalue weighted by Gasteiger charge is -2.08. The normalized spacial score (nSPS) is 10.8. The number of rotatable bonds is 7. The monoisotopic (exact) mass is 453 g/mol. The second kappa shape index (κ2) is 9.06. The number of ether oxygens (including phenoxy) is 3. The number of nitrogens with zero attached hydrogens (tertiary/aromatic N) is 2. The topological polar surface area (TPSA) is 113 Å². The Balaban J connectivity index is 1.44. The van der Waals surface area contributed by atoms with E-state index < -0.39 is 23.6 Å². The Morgan fingerprint density at radius 2 is 1.81 bits per heavy atom. The Morgan fingerprint density at radius 3 is 2.56 bits per heavy atom. The number of methoxy groups -OCH3 is 2. The highest BCUT2D eigenvalue weighted by atomic mass is 32.1. The number of aromatic amines is 1. The number of aromatic nitrogens is 3. The molecule has 0 saturated carbocycles. The fourth-order valence-corrected chi connectivity index (χ4v) is 3.96. The van der Waals surface area contributed by atoms with Gasteiger partial charge in [-0.15, -0.1) is 11.3 Å². The van der Waals surface area contributed by atoms with Gasteiger partial charge < -0.3 is 14.2 Å². The van der Waals surface area contributed by atoms with Crippen molar-refractivity contribution in [3.8, 4) is 22.1 Å². The van der Waals surface area contributed by atoms with E-state index in [2.05, 4.69) is 10.1 Å². The molecular formula is C22H19N3O6S. The first-order valence-electron chi connectivity index (χ1n) is 9.54. The van der Waals surface area contributed by atoms with E-state index in [9.17, 15) is 14.4 Å². The van der Waals surface area contributed by atoms with Crippen molar-refractivity contribution in [3.05, 3.63) is 74.2 Å². The van der Waals surface area contributed by atoms with Crippen LogP contribution >= 0.6 is 11.3 Å². The average Bonchev–Trinajstić information content (AvgIpc) is 3.29. The predicted molar refractivity (Wildman–Crippen MR) is 119 cm³/mol. The van der Waals surface area contributed by atoms with E-state index in [1.54, 1.807) is 49.9 Å². The van der Waals surface area contributed by atoms with Crippen molar-refractivity contribution in [2.45, 2.75) is 13.2 Å². The van der Waals surface area contributed by atoms with Crippen LogP contribution in [0.4, 0.5) is 0 Å². The third-order valence-electron chi connectivity index (χ3n) is 4.73. The molecule has 0 saturated heterocycles. The van der Waals surface area contributed by atoms with E-state index in [1.807, 2.05) is 12.1 Å². The number of fused-ring (bicyclic) bond motifs is 1. The molecule has 0 bridgehead atoms. The molecule has 2 heterocycles. The van der Waals surface area contributed by atoms with Gasteiger partial charge in [0.15, 0.2) is 11.5 Å². The molecule has 0 unspecified atom stereocenters. The summed E-state index contributed by atoms with van der Waals surface area (Å²) in [6.07, 6.45) is 0. The number of carbonyl (C=O) groups excluding carboxylic acids is 1. The van der Waals surface area contributed by atoms with Gasteiger partial charge in [0.1, 0.15) is 18.2 Å². The summed E-state index contributed by atoms with van der Waals surface area (Å²) in [4.78, 5) is 41.4. The van der Waals surface area contributed by atoms with Crippen molar-refractivity contribution < 1.29 is 19.0 Å². The summed E-state index contributed by atoms with van der Waals surface area (Å²) >= 11 is 1.40. The summed E-state index contributed by atoms with van der Waals surface area (Å²) in [5.74, 6) is 0.533. The van der Waals surface area contributed by atoms with Gasteiger partial charge in [0.05, 0.1) is 30.7 Å². The SMILES string of the molecule is COc1ccc(-c2nc(COC(=O)Cn3[nH]c(=O)c4ccccc4c3=O)cs2)cc1OC.